The Morgan fingerprint density at radius 1 is 1.58 bits per heavy atom. The first-order valence-electron chi connectivity index (χ1n) is 6.48. The fraction of sp³-hybridized carbons (Fsp3) is 0.538. The van der Waals surface area contributed by atoms with Crippen LogP contribution in [-0.2, 0) is 6.54 Å². The van der Waals surface area contributed by atoms with E-state index in [4.69, 9.17) is 4.52 Å². The van der Waals surface area contributed by atoms with Crippen LogP contribution < -0.4 is 0 Å². The first-order valence-corrected chi connectivity index (χ1v) is 7.42. The number of thiophene rings is 1. The number of nitrogens with zero attached hydrogens (tertiary/aromatic N) is 3. The summed E-state index contributed by atoms with van der Waals surface area (Å²) in [5.74, 6) is 1.63. The van der Waals surface area contributed by atoms with Gasteiger partial charge in [-0.1, -0.05) is 12.1 Å². The van der Waals surface area contributed by atoms with Gasteiger partial charge in [0.25, 0.3) is 5.89 Å². The smallest absolute Gasteiger partial charge is 0.258 e. The van der Waals surface area contributed by atoms with E-state index in [9.17, 15) is 5.11 Å². The van der Waals surface area contributed by atoms with Gasteiger partial charge in [-0.15, -0.1) is 0 Å². The van der Waals surface area contributed by atoms with Crippen LogP contribution in [0.5, 0.6) is 0 Å². The molecule has 0 spiro atoms. The minimum Gasteiger partial charge on any atom is -0.392 e. The molecule has 0 aromatic carbocycles. The van der Waals surface area contributed by atoms with Crippen molar-refractivity contribution in [1.29, 1.82) is 0 Å². The van der Waals surface area contributed by atoms with Crippen molar-refractivity contribution >= 4 is 11.3 Å². The summed E-state index contributed by atoms with van der Waals surface area (Å²) in [6.45, 7) is 4.38. The molecule has 102 valence electrons. The van der Waals surface area contributed by atoms with E-state index in [-0.39, 0.29) is 6.10 Å². The van der Waals surface area contributed by atoms with E-state index in [1.807, 2.05) is 16.8 Å². The molecule has 0 aliphatic carbocycles. The Morgan fingerprint density at radius 3 is 3.21 bits per heavy atom. The molecular formula is C13H17N3O2S. The van der Waals surface area contributed by atoms with Gasteiger partial charge in [-0.25, -0.2) is 0 Å². The first kappa shape index (κ1) is 12.8. The van der Waals surface area contributed by atoms with Crippen molar-refractivity contribution in [3.05, 3.63) is 22.7 Å². The van der Waals surface area contributed by atoms with E-state index in [1.54, 1.807) is 11.3 Å². The lowest BCUT2D eigenvalue weighted by Gasteiger charge is -2.33. The van der Waals surface area contributed by atoms with Gasteiger partial charge in [0, 0.05) is 11.9 Å². The van der Waals surface area contributed by atoms with Crippen LogP contribution in [0.3, 0.4) is 0 Å². The molecule has 1 saturated heterocycles. The summed E-state index contributed by atoms with van der Waals surface area (Å²) in [5, 5.41) is 17.9. The normalized spacial score (nSPS) is 24.7. The van der Waals surface area contributed by atoms with Gasteiger partial charge in [0.05, 0.1) is 18.2 Å². The van der Waals surface area contributed by atoms with E-state index in [2.05, 4.69) is 22.0 Å². The summed E-state index contributed by atoms with van der Waals surface area (Å²) in [7, 11) is 0. The lowest BCUT2D eigenvalue weighted by Crippen LogP contribution is -2.42. The molecule has 6 heteroatoms. The second kappa shape index (κ2) is 5.40. The molecule has 2 aromatic rings. The number of aromatic nitrogens is 2. The van der Waals surface area contributed by atoms with Crippen LogP contribution in [0.25, 0.3) is 11.5 Å². The van der Waals surface area contributed by atoms with Gasteiger partial charge in [-0.3, -0.25) is 4.90 Å². The summed E-state index contributed by atoms with van der Waals surface area (Å²) >= 11 is 1.61. The van der Waals surface area contributed by atoms with Gasteiger partial charge in [-0.2, -0.15) is 16.3 Å². The standard InChI is InChI=1S/C13H17N3O2S/c1-9-2-4-16(6-11(9)17)7-12-14-13(18-15-12)10-3-5-19-8-10/h3,5,8-9,11,17H,2,4,6-7H2,1H3. The fourth-order valence-electron chi connectivity index (χ4n) is 2.28. The lowest BCUT2D eigenvalue weighted by molar-refractivity contribution is 0.0246. The Bertz CT molecular complexity index is 526. The molecule has 0 bridgehead atoms. The van der Waals surface area contributed by atoms with E-state index < -0.39 is 0 Å². The average Bonchev–Trinajstić information content (AvgIpc) is 3.04. The van der Waals surface area contributed by atoms with Crippen LogP contribution in [0.2, 0.25) is 0 Å². The largest absolute Gasteiger partial charge is 0.392 e. The van der Waals surface area contributed by atoms with Gasteiger partial charge >= 0.3 is 0 Å². The predicted octanol–water partition coefficient (Wildman–Crippen LogP) is 2.00. The van der Waals surface area contributed by atoms with Gasteiger partial charge in [0.15, 0.2) is 5.82 Å². The van der Waals surface area contributed by atoms with Gasteiger partial charge in [0.1, 0.15) is 0 Å². The highest BCUT2D eigenvalue weighted by Crippen LogP contribution is 2.21. The third-order valence-electron chi connectivity index (χ3n) is 3.60. The summed E-state index contributed by atoms with van der Waals surface area (Å²) in [6, 6.07) is 1.97. The fourth-order valence-corrected chi connectivity index (χ4v) is 2.91. The highest BCUT2D eigenvalue weighted by Gasteiger charge is 2.25. The average molecular weight is 279 g/mol. The molecule has 1 aliphatic heterocycles. The number of hydrogen-bond donors (Lipinski definition) is 1. The Hall–Kier alpha value is -1.24. The van der Waals surface area contributed by atoms with E-state index >= 15 is 0 Å². The number of hydrogen-bond acceptors (Lipinski definition) is 6. The van der Waals surface area contributed by atoms with Crippen molar-refractivity contribution in [2.24, 2.45) is 5.92 Å². The number of likely N-dealkylation sites (tertiary alicyclic amines) is 1. The Balaban J connectivity index is 1.64. The molecule has 0 radical (unpaired) electrons. The summed E-state index contributed by atoms with van der Waals surface area (Å²) < 4.78 is 5.25. The van der Waals surface area contributed by atoms with Crippen LogP contribution in [0.15, 0.2) is 21.3 Å². The number of rotatable bonds is 3. The minimum absolute atomic E-state index is 0.253. The van der Waals surface area contributed by atoms with E-state index in [1.165, 1.54) is 0 Å². The molecule has 0 saturated carbocycles. The van der Waals surface area contributed by atoms with Crippen molar-refractivity contribution in [2.75, 3.05) is 13.1 Å². The summed E-state index contributed by atoms with van der Waals surface area (Å²) in [6.07, 6.45) is 0.758. The monoisotopic (exact) mass is 279 g/mol. The van der Waals surface area contributed by atoms with Crippen LogP contribution in [0.4, 0.5) is 0 Å². The molecule has 0 amide bonds. The SMILES string of the molecule is CC1CCN(Cc2noc(-c3ccsc3)n2)CC1O. The molecule has 1 aliphatic rings. The number of β-amino-alcohol motifs (C(OH)–C–C–N with tert-alkyl or cyclic N) is 1. The zero-order valence-electron chi connectivity index (χ0n) is 10.8. The Morgan fingerprint density at radius 2 is 2.47 bits per heavy atom. The highest BCUT2D eigenvalue weighted by atomic mass is 32.1. The maximum atomic E-state index is 9.88. The van der Waals surface area contributed by atoms with Crippen LogP contribution in [0.1, 0.15) is 19.2 Å². The number of aliphatic hydroxyl groups excluding tert-OH is 1. The zero-order valence-corrected chi connectivity index (χ0v) is 11.6. The Labute approximate surface area is 115 Å². The molecule has 2 atom stereocenters. The second-order valence-corrected chi connectivity index (χ2v) is 5.88. The molecule has 19 heavy (non-hydrogen) atoms. The summed E-state index contributed by atoms with van der Waals surface area (Å²) in [5.41, 5.74) is 0.969. The van der Waals surface area contributed by atoms with Crippen molar-refractivity contribution in [2.45, 2.75) is 26.0 Å². The highest BCUT2D eigenvalue weighted by molar-refractivity contribution is 7.08. The number of piperidine rings is 1. The Kier molecular flexibility index (Phi) is 3.63. The maximum Gasteiger partial charge on any atom is 0.258 e. The number of aliphatic hydroxyl groups is 1. The molecule has 1 fully saturated rings. The van der Waals surface area contributed by atoms with Gasteiger partial charge in [-0.05, 0) is 30.3 Å². The summed E-state index contributed by atoms with van der Waals surface area (Å²) in [4.78, 5) is 6.57. The lowest BCUT2D eigenvalue weighted by atomic mass is 9.96. The third kappa shape index (κ3) is 2.86. The predicted molar refractivity (Wildman–Crippen MR) is 72.7 cm³/mol. The quantitative estimate of drug-likeness (QED) is 0.931. The van der Waals surface area contributed by atoms with Crippen LogP contribution >= 0.6 is 11.3 Å². The van der Waals surface area contributed by atoms with Crippen LogP contribution in [0, 0.1) is 5.92 Å². The van der Waals surface area contributed by atoms with Crippen molar-refractivity contribution in [3.8, 4) is 11.5 Å². The van der Waals surface area contributed by atoms with Crippen molar-refractivity contribution in [3.63, 3.8) is 0 Å². The molecule has 2 aromatic heterocycles. The maximum absolute atomic E-state index is 9.88. The van der Waals surface area contributed by atoms with E-state index in [0.29, 0.717) is 30.7 Å². The molecule has 1 N–H and O–H groups in total. The zero-order chi connectivity index (χ0) is 13.2. The molecule has 3 rings (SSSR count). The van der Waals surface area contributed by atoms with Crippen LogP contribution in [-0.4, -0.2) is 39.3 Å². The van der Waals surface area contributed by atoms with Crippen molar-refractivity contribution < 1.29 is 9.63 Å². The minimum atomic E-state index is -0.253. The van der Waals surface area contributed by atoms with Gasteiger partial charge < -0.3 is 9.63 Å². The van der Waals surface area contributed by atoms with Crippen molar-refractivity contribution in [1.82, 2.24) is 15.0 Å². The van der Waals surface area contributed by atoms with E-state index in [0.717, 1.165) is 18.5 Å². The first-order chi connectivity index (χ1) is 9.22. The second-order valence-electron chi connectivity index (χ2n) is 5.10. The molecule has 2 unspecified atom stereocenters. The molecule has 5 nitrogen and oxygen atoms in total. The molecular weight excluding hydrogens is 262 g/mol. The van der Waals surface area contributed by atoms with Gasteiger partial charge in [0.2, 0.25) is 0 Å². The third-order valence-corrected chi connectivity index (χ3v) is 4.29. The topological polar surface area (TPSA) is 62.4 Å². The molecule has 3 heterocycles.